The lowest BCUT2D eigenvalue weighted by atomic mass is 10.0. The Kier molecular flexibility index (Phi) is 3.90. The molecule has 0 N–H and O–H groups in total. The number of hydrogen-bond acceptors (Lipinski definition) is 4. The zero-order chi connectivity index (χ0) is 12.1. The smallest absolute Gasteiger partial charge is 0.341 e. The Hall–Kier alpha value is -2.02. The lowest BCUT2D eigenvalue weighted by Gasteiger charge is -2.11. The van der Waals surface area contributed by atoms with Gasteiger partial charge in [-0.25, -0.2) is 4.79 Å². The van der Waals surface area contributed by atoms with Crippen LogP contribution in [0.5, 0.6) is 5.75 Å². The molecule has 0 aliphatic heterocycles. The van der Waals surface area contributed by atoms with E-state index in [2.05, 4.69) is 4.74 Å². The molecule has 0 aromatic heterocycles. The third kappa shape index (κ3) is 2.14. The summed E-state index contributed by atoms with van der Waals surface area (Å²) in [7, 11) is 2.79. The van der Waals surface area contributed by atoms with Crippen LogP contribution in [0, 0.1) is 11.3 Å². The lowest BCUT2D eigenvalue weighted by Crippen LogP contribution is -2.06. The lowest BCUT2D eigenvalue weighted by molar-refractivity contribution is 0.0597. The van der Waals surface area contributed by atoms with Gasteiger partial charge >= 0.3 is 5.97 Å². The maximum absolute atomic E-state index is 11.5. The number of benzene rings is 1. The Morgan fingerprint density at radius 3 is 2.56 bits per heavy atom. The van der Waals surface area contributed by atoms with Crippen molar-refractivity contribution in [1.29, 1.82) is 5.26 Å². The van der Waals surface area contributed by atoms with Crippen LogP contribution in [0.25, 0.3) is 0 Å². The van der Waals surface area contributed by atoms with Crippen molar-refractivity contribution in [2.45, 2.75) is 13.3 Å². The van der Waals surface area contributed by atoms with Crippen LogP contribution in [0.15, 0.2) is 12.1 Å². The highest BCUT2D eigenvalue weighted by Crippen LogP contribution is 2.26. The third-order valence-corrected chi connectivity index (χ3v) is 2.29. The monoisotopic (exact) mass is 219 g/mol. The fourth-order valence-electron chi connectivity index (χ4n) is 1.52. The van der Waals surface area contributed by atoms with Crippen LogP contribution >= 0.6 is 0 Å². The first-order valence-electron chi connectivity index (χ1n) is 4.87. The second-order valence-corrected chi connectivity index (χ2v) is 3.17. The number of hydrogen-bond donors (Lipinski definition) is 0. The molecule has 84 valence electrons. The third-order valence-electron chi connectivity index (χ3n) is 2.29. The average molecular weight is 219 g/mol. The Morgan fingerprint density at radius 2 is 2.12 bits per heavy atom. The van der Waals surface area contributed by atoms with Gasteiger partial charge in [0.05, 0.1) is 25.9 Å². The fraction of sp³-hybridized carbons (Fsp3) is 0.333. The van der Waals surface area contributed by atoms with Crippen molar-refractivity contribution >= 4 is 5.97 Å². The van der Waals surface area contributed by atoms with Crippen LogP contribution in [-0.4, -0.2) is 20.2 Å². The Balaban J connectivity index is 3.44. The summed E-state index contributed by atoms with van der Waals surface area (Å²) in [6.45, 7) is 1.93. The summed E-state index contributed by atoms with van der Waals surface area (Å²) < 4.78 is 9.83. The molecule has 0 aliphatic rings. The molecule has 0 atom stereocenters. The summed E-state index contributed by atoms with van der Waals surface area (Å²) in [6.07, 6.45) is 0.683. The van der Waals surface area contributed by atoms with Gasteiger partial charge in [0, 0.05) is 0 Å². The zero-order valence-corrected chi connectivity index (χ0v) is 9.53. The highest BCUT2D eigenvalue weighted by Gasteiger charge is 2.17. The van der Waals surface area contributed by atoms with E-state index in [1.807, 2.05) is 13.0 Å². The zero-order valence-electron chi connectivity index (χ0n) is 9.53. The number of ether oxygens (including phenoxy) is 2. The van der Waals surface area contributed by atoms with E-state index in [0.29, 0.717) is 23.3 Å². The van der Waals surface area contributed by atoms with E-state index in [4.69, 9.17) is 10.00 Å². The maximum atomic E-state index is 11.5. The second kappa shape index (κ2) is 5.17. The van der Waals surface area contributed by atoms with Crippen molar-refractivity contribution in [3.63, 3.8) is 0 Å². The normalized spacial score (nSPS) is 9.38. The molecule has 0 heterocycles. The highest BCUT2D eigenvalue weighted by atomic mass is 16.5. The van der Waals surface area contributed by atoms with Gasteiger partial charge in [-0.3, -0.25) is 0 Å². The minimum absolute atomic E-state index is 0.293. The Morgan fingerprint density at radius 1 is 1.44 bits per heavy atom. The van der Waals surface area contributed by atoms with Crippen molar-refractivity contribution in [3.05, 3.63) is 28.8 Å². The van der Waals surface area contributed by atoms with E-state index in [0.717, 1.165) is 5.56 Å². The van der Waals surface area contributed by atoms with Gasteiger partial charge in [0.25, 0.3) is 0 Å². The summed E-state index contributed by atoms with van der Waals surface area (Å²) >= 11 is 0. The van der Waals surface area contributed by atoms with Crippen molar-refractivity contribution in [1.82, 2.24) is 0 Å². The van der Waals surface area contributed by atoms with Crippen molar-refractivity contribution in [3.8, 4) is 11.8 Å². The quantitative estimate of drug-likeness (QED) is 0.728. The standard InChI is InChI=1S/C12H13NO3/c1-4-9-5-8(7-13)6-10(11(9)15-2)12(14)16-3/h5-6H,4H2,1-3H3. The molecule has 4 nitrogen and oxygen atoms in total. The number of methoxy groups -OCH3 is 2. The fourth-order valence-corrected chi connectivity index (χ4v) is 1.52. The van der Waals surface area contributed by atoms with E-state index in [1.165, 1.54) is 20.3 Å². The number of carbonyl (C=O) groups is 1. The van der Waals surface area contributed by atoms with Gasteiger partial charge in [0.1, 0.15) is 11.3 Å². The summed E-state index contributed by atoms with van der Waals surface area (Å²) in [5.74, 6) is -0.0167. The molecule has 1 aromatic rings. The van der Waals surface area contributed by atoms with Gasteiger partial charge in [-0.1, -0.05) is 6.92 Å². The van der Waals surface area contributed by atoms with Crippen LogP contribution in [0.3, 0.4) is 0 Å². The molecule has 0 aliphatic carbocycles. The molecule has 0 unspecified atom stereocenters. The minimum Gasteiger partial charge on any atom is -0.496 e. The van der Waals surface area contributed by atoms with Crippen molar-refractivity contribution < 1.29 is 14.3 Å². The molecule has 0 radical (unpaired) electrons. The summed E-state index contributed by atoms with van der Waals surface area (Å²) in [4.78, 5) is 11.5. The molecule has 0 amide bonds. The molecule has 1 aromatic carbocycles. The first-order chi connectivity index (χ1) is 7.67. The minimum atomic E-state index is -0.497. The number of esters is 1. The molecular weight excluding hydrogens is 206 g/mol. The van der Waals surface area contributed by atoms with E-state index in [9.17, 15) is 4.79 Å². The SMILES string of the molecule is CCc1cc(C#N)cc(C(=O)OC)c1OC. The van der Waals surface area contributed by atoms with Crippen molar-refractivity contribution in [2.24, 2.45) is 0 Å². The number of nitriles is 1. The van der Waals surface area contributed by atoms with Crippen molar-refractivity contribution in [2.75, 3.05) is 14.2 Å². The predicted octanol–water partition coefficient (Wildman–Crippen LogP) is 1.92. The van der Waals surface area contributed by atoms with Gasteiger partial charge in [0.2, 0.25) is 0 Å². The number of nitrogens with zero attached hydrogens (tertiary/aromatic N) is 1. The molecule has 4 heteroatoms. The Labute approximate surface area is 94.4 Å². The largest absolute Gasteiger partial charge is 0.496 e. The molecule has 16 heavy (non-hydrogen) atoms. The second-order valence-electron chi connectivity index (χ2n) is 3.17. The van der Waals surface area contributed by atoms with Gasteiger partial charge in [-0.05, 0) is 24.1 Å². The molecule has 0 bridgehead atoms. The van der Waals surface area contributed by atoms with E-state index < -0.39 is 5.97 Å². The van der Waals surface area contributed by atoms with E-state index >= 15 is 0 Å². The average Bonchev–Trinajstić information content (AvgIpc) is 2.35. The number of aryl methyl sites for hydroxylation is 1. The van der Waals surface area contributed by atoms with Gasteiger partial charge in [-0.2, -0.15) is 5.26 Å². The van der Waals surface area contributed by atoms with Crippen LogP contribution in [0.1, 0.15) is 28.4 Å². The topological polar surface area (TPSA) is 59.3 Å². The van der Waals surface area contributed by atoms with E-state index in [-0.39, 0.29) is 0 Å². The summed E-state index contributed by atoms with van der Waals surface area (Å²) in [5, 5.41) is 8.86. The molecular formula is C12H13NO3. The summed E-state index contributed by atoms with van der Waals surface area (Å²) in [6, 6.07) is 5.20. The van der Waals surface area contributed by atoms with Crippen LogP contribution in [-0.2, 0) is 11.2 Å². The summed E-state index contributed by atoms with van der Waals surface area (Å²) in [5.41, 5.74) is 1.54. The maximum Gasteiger partial charge on any atom is 0.341 e. The molecule has 0 saturated carbocycles. The molecule has 1 rings (SSSR count). The molecule has 0 saturated heterocycles. The van der Waals surface area contributed by atoms with Gasteiger partial charge < -0.3 is 9.47 Å². The molecule has 0 fully saturated rings. The van der Waals surface area contributed by atoms with E-state index in [1.54, 1.807) is 6.07 Å². The number of rotatable bonds is 3. The first kappa shape index (κ1) is 12.1. The van der Waals surface area contributed by atoms with Gasteiger partial charge in [-0.15, -0.1) is 0 Å². The molecule has 0 spiro atoms. The van der Waals surface area contributed by atoms with Crippen LogP contribution < -0.4 is 4.74 Å². The predicted molar refractivity (Wildman–Crippen MR) is 58.4 cm³/mol. The number of carbonyl (C=O) groups excluding carboxylic acids is 1. The van der Waals surface area contributed by atoms with Gasteiger partial charge in [0.15, 0.2) is 0 Å². The first-order valence-corrected chi connectivity index (χ1v) is 4.87. The highest BCUT2D eigenvalue weighted by molar-refractivity contribution is 5.93. The van der Waals surface area contributed by atoms with Crippen LogP contribution in [0.2, 0.25) is 0 Å². The Bertz CT molecular complexity index is 446. The van der Waals surface area contributed by atoms with Crippen LogP contribution in [0.4, 0.5) is 0 Å².